The van der Waals surface area contributed by atoms with Gasteiger partial charge in [-0.1, -0.05) is 36.7 Å². The Hall–Kier alpha value is -2.51. The van der Waals surface area contributed by atoms with Gasteiger partial charge in [-0.3, -0.25) is 5.10 Å². The fourth-order valence-electron chi connectivity index (χ4n) is 2.63. The van der Waals surface area contributed by atoms with Gasteiger partial charge >= 0.3 is 0 Å². The monoisotopic (exact) mass is 404 g/mol. The summed E-state index contributed by atoms with van der Waals surface area (Å²) in [5, 5.41) is 7.66. The number of nitrogens with one attached hydrogen (secondary N) is 2. The third kappa shape index (κ3) is 4.81. The van der Waals surface area contributed by atoms with Gasteiger partial charge in [-0.15, -0.1) is 0 Å². The van der Waals surface area contributed by atoms with E-state index in [4.69, 9.17) is 33.3 Å². The van der Waals surface area contributed by atoms with E-state index in [0.717, 1.165) is 23.4 Å². The topological polar surface area (TPSA) is 64.1 Å². The molecule has 8 heteroatoms. The van der Waals surface area contributed by atoms with Crippen LogP contribution in [-0.4, -0.2) is 22.0 Å². The van der Waals surface area contributed by atoms with Crippen molar-refractivity contribution in [3.05, 3.63) is 69.2 Å². The minimum atomic E-state index is 0.415. The number of methoxy groups -OCH3 is 1. The van der Waals surface area contributed by atoms with Crippen molar-refractivity contribution in [3.8, 4) is 11.5 Å². The number of hydrogen-bond acceptors (Lipinski definition) is 5. The van der Waals surface area contributed by atoms with E-state index in [1.165, 1.54) is 0 Å². The van der Waals surface area contributed by atoms with Crippen molar-refractivity contribution in [2.45, 2.75) is 26.5 Å². The summed E-state index contributed by atoms with van der Waals surface area (Å²) >= 11 is 11.3. The molecule has 0 bridgehead atoms. The first-order valence-corrected chi connectivity index (χ1v) is 9.33. The first kappa shape index (κ1) is 19.3. The van der Waals surface area contributed by atoms with Crippen LogP contribution in [0.3, 0.4) is 0 Å². The highest BCUT2D eigenvalue weighted by Gasteiger charge is 2.08. The highest BCUT2D eigenvalue weighted by molar-refractivity contribution is 7.71. The predicted molar refractivity (Wildman–Crippen MR) is 109 cm³/mol. The molecule has 3 aromatic rings. The molecule has 0 aliphatic carbocycles. The molecule has 142 valence electrons. The van der Waals surface area contributed by atoms with Crippen molar-refractivity contribution < 1.29 is 9.47 Å². The molecule has 0 unspecified atom stereocenters. The first-order valence-electron chi connectivity index (χ1n) is 8.55. The van der Waals surface area contributed by atoms with Crippen LogP contribution in [0.15, 0.2) is 42.5 Å². The van der Waals surface area contributed by atoms with Crippen LogP contribution in [0, 0.1) is 4.77 Å². The van der Waals surface area contributed by atoms with Crippen LogP contribution in [0.4, 0.5) is 0 Å². The second kappa shape index (κ2) is 8.92. The van der Waals surface area contributed by atoms with Crippen molar-refractivity contribution in [3.63, 3.8) is 0 Å². The van der Waals surface area contributed by atoms with E-state index in [0.29, 0.717) is 34.4 Å². The van der Waals surface area contributed by atoms with Crippen molar-refractivity contribution >= 4 is 23.8 Å². The summed E-state index contributed by atoms with van der Waals surface area (Å²) in [5.74, 6) is 2.20. The average molecular weight is 405 g/mol. The number of halogens is 1. The number of ether oxygens (including phenoxy) is 2. The Labute approximate surface area is 168 Å². The van der Waals surface area contributed by atoms with Gasteiger partial charge in [0.25, 0.3) is 0 Å². The zero-order chi connectivity index (χ0) is 19.2. The zero-order valence-corrected chi connectivity index (χ0v) is 16.7. The van der Waals surface area contributed by atoms with Gasteiger partial charge in [0.15, 0.2) is 17.3 Å². The third-order valence-electron chi connectivity index (χ3n) is 4.01. The lowest BCUT2D eigenvalue weighted by Gasteiger charge is -2.14. The SMILES string of the molecule is CCc1n[nH]c(=S)n1NCc1ccc(OCc2cccc(Cl)c2)c(OC)c1. The lowest BCUT2D eigenvalue weighted by atomic mass is 10.2. The summed E-state index contributed by atoms with van der Waals surface area (Å²) in [7, 11) is 1.63. The maximum atomic E-state index is 6.01. The summed E-state index contributed by atoms with van der Waals surface area (Å²) in [4.78, 5) is 0. The van der Waals surface area contributed by atoms with E-state index >= 15 is 0 Å². The number of aryl methyl sites for hydroxylation is 1. The summed E-state index contributed by atoms with van der Waals surface area (Å²) in [6.07, 6.45) is 0.778. The molecule has 0 fully saturated rings. The fraction of sp³-hybridized carbons (Fsp3) is 0.263. The molecule has 1 aromatic heterocycles. The highest BCUT2D eigenvalue weighted by atomic mass is 35.5. The number of aromatic nitrogens is 3. The molecule has 0 spiro atoms. The molecule has 3 rings (SSSR count). The second-order valence-corrected chi connectivity index (χ2v) is 6.70. The lowest BCUT2D eigenvalue weighted by Crippen LogP contribution is -2.17. The van der Waals surface area contributed by atoms with E-state index in [-0.39, 0.29) is 0 Å². The summed E-state index contributed by atoms with van der Waals surface area (Å²) in [5.41, 5.74) is 5.30. The van der Waals surface area contributed by atoms with Crippen LogP contribution in [0.1, 0.15) is 23.9 Å². The van der Waals surface area contributed by atoms with Crippen LogP contribution in [0.2, 0.25) is 5.02 Å². The zero-order valence-electron chi connectivity index (χ0n) is 15.2. The van der Waals surface area contributed by atoms with Gasteiger partial charge < -0.3 is 14.9 Å². The van der Waals surface area contributed by atoms with Crippen LogP contribution < -0.4 is 14.9 Å². The van der Waals surface area contributed by atoms with Crippen molar-refractivity contribution in [2.24, 2.45) is 0 Å². The Bertz CT molecular complexity index is 970. The molecule has 0 amide bonds. The van der Waals surface area contributed by atoms with Gasteiger partial charge in [0.05, 0.1) is 13.7 Å². The van der Waals surface area contributed by atoms with Crippen molar-refractivity contribution in [2.75, 3.05) is 12.5 Å². The Morgan fingerprint density at radius 1 is 1.19 bits per heavy atom. The normalized spacial score (nSPS) is 10.6. The summed E-state index contributed by atoms with van der Waals surface area (Å²) < 4.78 is 13.7. The highest BCUT2D eigenvalue weighted by Crippen LogP contribution is 2.29. The maximum Gasteiger partial charge on any atom is 0.214 e. The summed E-state index contributed by atoms with van der Waals surface area (Å²) in [6.45, 7) is 3.02. The third-order valence-corrected chi connectivity index (χ3v) is 4.52. The quantitative estimate of drug-likeness (QED) is 0.541. The fourth-order valence-corrected chi connectivity index (χ4v) is 3.06. The minimum absolute atomic E-state index is 0.415. The van der Waals surface area contributed by atoms with E-state index in [9.17, 15) is 0 Å². The van der Waals surface area contributed by atoms with E-state index in [1.54, 1.807) is 11.8 Å². The molecule has 6 nitrogen and oxygen atoms in total. The van der Waals surface area contributed by atoms with E-state index in [1.807, 2.05) is 49.4 Å². The Morgan fingerprint density at radius 2 is 2.04 bits per heavy atom. The molecule has 0 atom stereocenters. The number of H-pyrrole nitrogens is 1. The van der Waals surface area contributed by atoms with Crippen molar-refractivity contribution in [1.82, 2.24) is 14.9 Å². The van der Waals surface area contributed by atoms with E-state index < -0.39 is 0 Å². The molecule has 0 saturated carbocycles. The number of benzene rings is 2. The molecular formula is C19H21ClN4O2S. The maximum absolute atomic E-state index is 6.01. The average Bonchev–Trinajstić information content (AvgIpc) is 3.04. The Kier molecular flexibility index (Phi) is 6.36. The minimum Gasteiger partial charge on any atom is -0.493 e. The van der Waals surface area contributed by atoms with Crippen molar-refractivity contribution in [1.29, 1.82) is 0 Å². The predicted octanol–water partition coefficient (Wildman–Crippen LogP) is 4.49. The number of aromatic amines is 1. The molecule has 0 aliphatic heterocycles. The van der Waals surface area contributed by atoms with Crippen LogP contribution in [0.5, 0.6) is 11.5 Å². The number of hydrogen-bond donors (Lipinski definition) is 2. The first-order chi connectivity index (χ1) is 13.1. The van der Waals surface area contributed by atoms with Gasteiger partial charge in [-0.25, -0.2) is 4.68 Å². The molecule has 0 aliphatic rings. The molecule has 0 radical (unpaired) electrons. The van der Waals surface area contributed by atoms with Crippen LogP contribution >= 0.6 is 23.8 Å². The standard InChI is InChI=1S/C19H21ClN4O2S/c1-3-18-22-23-19(27)24(18)21-11-13-7-8-16(17(10-13)25-2)26-12-14-5-4-6-15(20)9-14/h4-10,21H,3,11-12H2,1-2H3,(H,23,27). The van der Waals surface area contributed by atoms with E-state index in [2.05, 4.69) is 15.6 Å². The molecule has 2 N–H and O–H groups in total. The molecule has 27 heavy (non-hydrogen) atoms. The van der Waals surface area contributed by atoms with Gasteiger partial charge in [-0.05, 0) is 47.6 Å². The number of nitrogens with zero attached hydrogens (tertiary/aromatic N) is 2. The molecular weight excluding hydrogens is 384 g/mol. The van der Waals surface area contributed by atoms with Gasteiger partial charge in [-0.2, -0.15) is 5.10 Å². The van der Waals surface area contributed by atoms with Gasteiger partial charge in [0.1, 0.15) is 6.61 Å². The summed E-state index contributed by atoms with van der Waals surface area (Å²) in [6, 6.07) is 13.4. The van der Waals surface area contributed by atoms with Gasteiger partial charge in [0.2, 0.25) is 4.77 Å². The van der Waals surface area contributed by atoms with Crippen LogP contribution in [-0.2, 0) is 19.6 Å². The van der Waals surface area contributed by atoms with Crippen LogP contribution in [0.25, 0.3) is 0 Å². The Morgan fingerprint density at radius 3 is 2.78 bits per heavy atom. The molecule has 0 saturated heterocycles. The second-order valence-electron chi connectivity index (χ2n) is 5.87. The largest absolute Gasteiger partial charge is 0.493 e. The van der Waals surface area contributed by atoms with Gasteiger partial charge in [0, 0.05) is 11.4 Å². The molecule has 1 heterocycles. The lowest BCUT2D eigenvalue weighted by molar-refractivity contribution is 0.284. The smallest absolute Gasteiger partial charge is 0.214 e. The Balaban J connectivity index is 1.68. The number of rotatable bonds is 8. The molecule has 2 aromatic carbocycles.